The molecule has 0 saturated carbocycles. The minimum atomic E-state index is -0.354. The Hall–Kier alpha value is -1.10. The fourth-order valence-electron chi connectivity index (χ4n) is 2.14. The van der Waals surface area contributed by atoms with Crippen molar-refractivity contribution < 1.29 is 9.13 Å². The predicted molar refractivity (Wildman–Crippen MR) is 87.4 cm³/mol. The maximum atomic E-state index is 13.0. The van der Waals surface area contributed by atoms with E-state index in [9.17, 15) is 4.39 Å². The Morgan fingerprint density at radius 2 is 2.00 bits per heavy atom. The molecule has 0 unspecified atom stereocenters. The van der Waals surface area contributed by atoms with Gasteiger partial charge in [0.25, 0.3) is 0 Å². The Morgan fingerprint density at radius 3 is 2.67 bits per heavy atom. The van der Waals surface area contributed by atoms with E-state index in [1.165, 1.54) is 12.1 Å². The van der Waals surface area contributed by atoms with Crippen LogP contribution in [0.2, 0.25) is 5.02 Å². The van der Waals surface area contributed by atoms with Crippen molar-refractivity contribution in [1.29, 1.82) is 0 Å². The number of nitrogens with two attached hydrogens (primary N) is 1. The molecule has 0 aliphatic rings. The van der Waals surface area contributed by atoms with Crippen LogP contribution in [0.3, 0.4) is 0 Å². The average Bonchev–Trinajstić information content (AvgIpc) is 2.40. The summed E-state index contributed by atoms with van der Waals surface area (Å²) in [5, 5.41) is 0.366. The van der Waals surface area contributed by atoms with Crippen molar-refractivity contribution >= 4 is 27.5 Å². The molecule has 0 atom stereocenters. The fraction of sp³-hybridized carbons (Fsp3) is 0.250. The van der Waals surface area contributed by atoms with Crippen molar-refractivity contribution in [3.63, 3.8) is 0 Å². The van der Waals surface area contributed by atoms with Crippen LogP contribution in [0.4, 0.5) is 4.39 Å². The van der Waals surface area contributed by atoms with Gasteiger partial charge in [0.1, 0.15) is 18.2 Å². The largest absolute Gasteiger partial charge is 0.488 e. The Kier molecular flexibility index (Phi) is 5.62. The number of ether oxygens (including phenoxy) is 1. The van der Waals surface area contributed by atoms with Crippen LogP contribution in [-0.4, -0.2) is 6.54 Å². The highest BCUT2D eigenvalue weighted by Gasteiger charge is 2.10. The van der Waals surface area contributed by atoms with Crippen LogP contribution in [0.1, 0.15) is 16.7 Å². The molecule has 5 heteroatoms. The highest BCUT2D eigenvalue weighted by atomic mass is 79.9. The molecule has 0 radical (unpaired) electrons. The lowest BCUT2D eigenvalue weighted by molar-refractivity contribution is 0.300. The van der Waals surface area contributed by atoms with Crippen molar-refractivity contribution in [2.75, 3.05) is 6.54 Å². The van der Waals surface area contributed by atoms with Gasteiger partial charge in [0.2, 0.25) is 0 Å². The van der Waals surface area contributed by atoms with Crippen molar-refractivity contribution in [3.05, 3.63) is 62.3 Å². The van der Waals surface area contributed by atoms with Gasteiger partial charge in [-0.15, -0.1) is 0 Å². The van der Waals surface area contributed by atoms with E-state index in [4.69, 9.17) is 22.1 Å². The zero-order chi connectivity index (χ0) is 15.4. The molecule has 0 aliphatic heterocycles. The second-order valence-corrected chi connectivity index (χ2v) is 6.10. The highest BCUT2D eigenvalue weighted by molar-refractivity contribution is 9.10. The normalized spacial score (nSPS) is 10.7. The fourth-order valence-corrected chi connectivity index (χ4v) is 2.98. The molecule has 0 saturated heterocycles. The van der Waals surface area contributed by atoms with Crippen LogP contribution in [0.5, 0.6) is 5.75 Å². The second-order valence-electron chi connectivity index (χ2n) is 4.77. The number of halogens is 3. The summed E-state index contributed by atoms with van der Waals surface area (Å²) in [6.45, 7) is 2.81. The monoisotopic (exact) mass is 371 g/mol. The zero-order valence-corrected chi connectivity index (χ0v) is 14.0. The van der Waals surface area contributed by atoms with E-state index >= 15 is 0 Å². The number of hydrogen-bond acceptors (Lipinski definition) is 2. The summed E-state index contributed by atoms with van der Waals surface area (Å²) in [7, 11) is 0. The van der Waals surface area contributed by atoms with Crippen LogP contribution in [0.15, 0.2) is 34.8 Å². The van der Waals surface area contributed by atoms with E-state index in [1.54, 1.807) is 6.07 Å². The maximum absolute atomic E-state index is 13.0. The van der Waals surface area contributed by atoms with E-state index in [1.807, 2.05) is 19.1 Å². The third-order valence-corrected chi connectivity index (χ3v) is 3.93. The molecule has 0 aromatic heterocycles. The van der Waals surface area contributed by atoms with Crippen molar-refractivity contribution in [3.8, 4) is 5.75 Å². The summed E-state index contributed by atoms with van der Waals surface area (Å²) in [4.78, 5) is 0. The van der Waals surface area contributed by atoms with Crippen LogP contribution in [0.25, 0.3) is 0 Å². The van der Waals surface area contributed by atoms with E-state index in [0.29, 0.717) is 18.2 Å². The first-order valence-corrected chi connectivity index (χ1v) is 7.74. The Labute approximate surface area is 137 Å². The van der Waals surface area contributed by atoms with E-state index in [2.05, 4.69) is 15.9 Å². The molecule has 0 fully saturated rings. The number of rotatable bonds is 5. The third-order valence-electron chi connectivity index (χ3n) is 3.12. The SMILES string of the molecule is Cc1cc(Br)cc(CCN)c1OCc1ccc(F)cc1Cl. The third kappa shape index (κ3) is 4.19. The van der Waals surface area contributed by atoms with Gasteiger partial charge in [-0.05, 0) is 55.3 Å². The minimum absolute atomic E-state index is 0.291. The lowest BCUT2D eigenvalue weighted by atomic mass is 10.1. The van der Waals surface area contributed by atoms with Gasteiger partial charge in [0, 0.05) is 10.0 Å². The smallest absolute Gasteiger partial charge is 0.126 e. The molecule has 2 N–H and O–H groups in total. The summed E-state index contributed by atoms with van der Waals surface area (Å²) < 4.78 is 19.9. The Bertz CT molecular complexity index is 648. The molecule has 2 aromatic carbocycles. The summed E-state index contributed by atoms with van der Waals surface area (Å²) in [6, 6.07) is 8.28. The molecular formula is C16H16BrClFNO. The molecule has 0 spiro atoms. The van der Waals surface area contributed by atoms with Crippen LogP contribution in [0, 0.1) is 12.7 Å². The standard InChI is InChI=1S/C16H16BrClFNO/c1-10-6-13(17)7-11(4-5-20)16(10)21-9-12-2-3-14(19)8-15(12)18/h2-3,6-8H,4-5,9,20H2,1H3. The van der Waals surface area contributed by atoms with Gasteiger partial charge >= 0.3 is 0 Å². The van der Waals surface area contributed by atoms with E-state index < -0.39 is 0 Å². The zero-order valence-electron chi connectivity index (χ0n) is 11.6. The molecular weight excluding hydrogens is 357 g/mol. The molecule has 21 heavy (non-hydrogen) atoms. The van der Waals surface area contributed by atoms with Crippen LogP contribution < -0.4 is 10.5 Å². The second kappa shape index (κ2) is 7.25. The van der Waals surface area contributed by atoms with E-state index in [0.717, 1.165) is 33.3 Å². The first kappa shape index (κ1) is 16.3. The number of hydrogen-bond donors (Lipinski definition) is 1. The van der Waals surface area contributed by atoms with Gasteiger partial charge in [-0.25, -0.2) is 4.39 Å². The van der Waals surface area contributed by atoms with Crippen LogP contribution in [-0.2, 0) is 13.0 Å². The first-order valence-electron chi connectivity index (χ1n) is 6.57. The van der Waals surface area contributed by atoms with Crippen molar-refractivity contribution in [1.82, 2.24) is 0 Å². The number of benzene rings is 2. The quantitative estimate of drug-likeness (QED) is 0.830. The predicted octanol–water partition coefficient (Wildman–Crippen LogP) is 4.63. The van der Waals surface area contributed by atoms with Gasteiger partial charge in [-0.2, -0.15) is 0 Å². The topological polar surface area (TPSA) is 35.2 Å². The lowest BCUT2D eigenvalue weighted by Gasteiger charge is -2.15. The van der Waals surface area contributed by atoms with Gasteiger partial charge in [0.05, 0.1) is 5.02 Å². The minimum Gasteiger partial charge on any atom is -0.488 e. The molecule has 0 aliphatic carbocycles. The summed E-state index contributed by atoms with van der Waals surface area (Å²) in [5.74, 6) is 0.455. The van der Waals surface area contributed by atoms with Crippen molar-refractivity contribution in [2.45, 2.75) is 20.0 Å². The molecule has 2 aromatic rings. The number of aryl methyl sites for hydroxylation is 1. The summed E-state index contributed by atoms with van der Waals surface area (Å²) >= 11 is 9.49. The van der Waals surface area contributed by atoms with Gasteiger partial charge in [0.15, 0.2) is 0 Å². The summed E-state index contributed by atoms with van der Waals surface area (Å²) in [5.41, 5.74) is 8.46. The Morgan fingerprint density at radius 1 is 1.24 bits per heavy atom. The molecule has 112 valence electrons. The molecule has 0 bridgehead atoms. The van der Waals surface area contributed by atoms with Crippen LogP contribution >= 0.6 is 27.5 Å². The van der Waals surface area contributed by atoms with Crippen molar-refractivity contribution in [2.24, 2.45) is 5.73 Å². The molecule has 2 rings (SSSR count). The maximum Gasteiger partial charge on any atom is 0.126 e. The van der Waals surface area contributed by atoms with Gasteiger partial charge in [-0.3, -0.25) is 0 Å². The lowest BCUT2D eigenvalue weighted by Crippen LogP contribution is -2.07. The Balaban J connectivity index is 2.23. The van der Waals surface area contributed by atoms with Gasteiger partial charge in [-0.1, -0.05) is 33.6 Å². The first-order chi connectivity index (χ1) is 10.0. The molecule has 0 amide bonds. The summed E-state index contributed by atoms with van der Waals surface area (Å²) in [6.07, 6.45) is 0.729. The van der Waals surface area contributed by atoms with E-state index in [-0.39, 0.29) is 5.82 Å². The molecule has 2 nitrogen and oxygen atoms in total. The molecule has 0 heterocycles. The average molecular weight is 373 g/mol. The highest BCUT2D eigenvalue weighted by Crippen LogP contribution is 2.30. The van der Waals surface area contributed by atoms with Gasteiger partial charge < -0.3 is 10.5 Å².